The molecule has 3 aromatic rings. The maximum Gasteiger partial charge on any atom is 0.200 e. The SMILES string of the molecule is CCn1cc(C(=O)c2ccc(OC)cc2)c(=O)c2ccccc21. The van der Waals surface area contributed by atoms with Crippen molar-refractivity contribution in [2.75, 3.05) is 7.11 Å². The average molecular weight is 307 g/mol. The van der Waals surface area contributed by atoms with E-state index >= 15 is 0 Å². The Hall–Kier alpha value is -2.88. The minimum Gasteiger partial charge on any atom is -0.497 e. The summed E-state index contributed by atoms with van der Waals surface area (Å²) in [6, 6.07) is 14.1. The van der Waals surface area contributed by atoms with E-state index < -0.39 is 0 Å². The molecule has 0 fully saturated rings. The summed E-state index contributed by atoms with van der Waals surface area (Å²) in [4.78, 5) is 25.4. The van der Waals surface area contributed by atoms with Crippen molar-refractivity contribution < 1.29 is 9.53 Å². The van der Waals surface area contributed by atoms with Gasteiger partial charge in [0.25, 0.3) is 0 Å². The first kappa shape index (κ1) is 15.0. The number of hydrogen-bond donors (Lipinski definition) is 0. The van der Waals surface area contributed by atoms with Gasteiger partial charge in [-0.15, -0.1) is 0 Å². The lowest BCUT2D eigenvalue weighted by atomic mass is 10.0. The molecule has 0 spiro atoms. The molecule has 4 heteroatoms. The Labute approximate surface area is 133 Å². The predicted molar refractivity (Wildman–Crippen MR) is 90.3 cm³/mol. The van der Waals surface area contributed by atoms with Gasteiger partial charge < -0.3 is 9.30 Å². The van der Waals surface area contributed by atoms with Gasteiger partial charge in [0, 0.05) is 23.7 Å². The van der Waals surface area contributed by atoms with Gasteiger partial charge in [-0.05, 0) is 43.3 Å². The standard InChI is InChI=1S/C19H17NO3/c1-3-20-12-16(19(22)15-6-4-5-7-17(15)20)18(21)13-8-10-14(23-2)11-9-13/h4-12H,3H2,1-2H3. The van der Waals surface area contributed by atoms with Crippen molar-refractivity contribution in [1.29, 1.82) is 0 Å². The maximum atomic E-state index is 12.7. The molecule has 3 rings (SSSR count). The lowest BCUT2D eigenvalue weighted by molar-refractivity contribution is 0.103. The highest BCUT2D eigenvalue weighted by Gasteiger charge is 2.16. The predicted octanol–water partition coefficient (Wildman–Crippen LogP) is 3.26. The summed E-state index contributed by atoms with van der Waals surface area (Å²) in [6.07, 6.45) is 1.65. The van der Waals surface area contributed by atoms with Crippen molar-refractivity contribution in [1.82, 2.24) is 4.57 Å². The molecule has 116 valence electrons. The molecule has 0 aliphatic carbocycles. The third-order valence-corrected chi connectivity index (χ3v) is 3.93. The van der Waals surface area contributed by atoms with Crippen LogP contribution in [0.5, 0.6) is 5.75 Å². The van der Waals surface area contributed by atoms with Gasteiger partial charge in [0.15, 0.2) is 5.78 Å². The molecule has 2 aromatic carbocycles. The maximum absolute atomic E-state index is 12.7. The Balaban J connectivity index is 2.16. The molecule has 1 aromatic heterocycles. The number of pyridine rings is 1. The van der Waals surface area contributed by atoms with Gasteiger partial charge in [-0.2, -0.15) is 0 Å². The van der Waals surface area contributed by atoms with Crippen LogP contribution in [-0.2, 0) is 6.54 Å². The van der Waals surface area contributed by atoms with Crippen LogP contribution in [0.1, 0.15) is 22.8 Å². The Bertz CT molecular complexity index is 923. The number of carbonyl (C=O) groups is 1. The summed E-state index contributed by atoms with van der Waals surface area (Å²) in [5, 5.41) is 0.564. The van der Waals surface area contributed by atoms with E-state index in [1.807, 2.05) is 29.7 Å². The second-order valence-corrected chi connectivity index (χ2v) is 5.23. The zero-order chi connectivity index (χ0) is 16.4. The lowest BCUT2D eigenvalue weighted by Gasteiger charge is -2.11. The van der Waals surface area contributed by atoms with Gasteiger partial charge in [0.1, 0.15) is 5.75 Å². The Morgan fingerprint density at radius 1 is 1.09 bits per heavy atom. The lowest BCUT2D eigenvalue weighted by Crippen LogP contribution is -2.19. The molecular formula is C19H17NO3. The van der Waals surface area contributed by atoms with Crippen LogP contribution in [0.3, 0.4) is 0 Å². The van der Waals surface area contributed by atoms with Crippen molar-refractivity contribution in [3.05, 3.63) is 76.1 Å². The van der Waals surface area contributed by atoms with Gasteiger partial charge in [0.2, 0.25) is 5.43 Å². The molecule has 0 saturated carbocycles. The van der Waals surface area contributed by atoms with E-state index in [0.717, 1.165) is 5.52 Å². The molecule has 0 amide bonds. The molecule has 0 radical (unpaired) electrons. The Kier molecular flexibility index (Phi) is 3.98. The third kappa shape index (κ3) is 2.63. The number of fused-ring (bicyclic) bond motifs is 1. The van der Waals surface area contributed by atoms with Crippen LogP contribution in [-0.4, -0.2) is 17.5 Å². The van der Waals surface area contributed by atoms with Gasteiger partial charge >= 0.3 is 0 Å². The molecule has 0 saturated heterocycles. The molecular weight excluding hydrogens is 290 g/mol. The summed E-state index contributed by atoms with van der Waals surface area (Å²) < 4.78 is 7.02. The quantitative estimate of drug-likeness (QED) is 0.695. The normalized spacial score (nSPS) is 10.7. The van der Waals surface area contributed by atoms with Crippen LogP contribution in [0, 0.1) is 0 Å². The smallest absolute Gasteiger partial charge is 0.200 e. The monoisotopic (exact) mass is 307 g/mol. The van der Waals surface area contributed by atoms with E-state index in [2.05, 4.69) is 0 Å². The number of para-hydroxylation sites is 1. The number of benzene rings is 2. The van der Waals surface area contributed by atoms with Gasteiger partial charge in [-0.3, -0.25) is 9.59 Å². The topological polar surface area (TPSA) is 48.3 Å². The highest BCUT2D eigenvalue weighted by atomic mass is 16.5. The molecule has 0 bridgehead atoms. The molecule has 23 heavy (non-hydrogen) atoms. The van der Waals surface area contributed by atoms with Crippen LogP contribution in [0.4, 0.5) is 0 Å². The van der Waals surface area contributed by atoms with Crippen molar-refractivity contribution in [2.45, 2.75) is 13.5 Å². The van der Waals surface area contributed by atoms with E-state index in [1.165, 1.54) is 0 Å². The van der Waals surface area contributed by atoms with Crippen LogP contribution in [0.15, 0.2) is 59.5 Å². The van der Waals surface area contributed by atoms with Gasteiger partial charge in [-0.25, -0.2) is 0 Å². The molecule has 0 atom stereocenters. The number of hydrogen-bond acceptors (Lipinski definition) is 3. The zero-order valence-corrected chi connectivity index (χ0v) is 13.1. The van der Waals surface area contributed by atoms with E-state index in [-0.39, 0.29) is 16.8 Å². The summed E-state index contributed by atoms with van der Waals surface area (Å²) in [7, 11) is 1.57. The van der Waals surface area contributed by atoms with Gasteiger partial charge in [0.05, 0.1) is 18.2 Å². The van der Waals surface area contributed by atoms with E-state index in [1.54, 1.807) is 43.6 Å². The number of methoxy groups -OCH3 is 1. The largest absolute Gasteiger partial charge is 0.497 e. The van der Waals surface area contributed by atoms with Crippen molar-refractivity contribution >= 4 is 16.7 Å². The van der Waals surface area contributed by atoms with E-state index in [9.17, 15) is 9.59 Å². The summed E-state index contributed by atoms with van der Waals surface area (Å²) in [6.45, 7) is 2.67. The molecule has 0 unspecified atom stereocenters. The van der Waals surface area contributed by atoms with Crippen molar-refractivity contribution in [3.63, 3.8) is 0 Å². The number of nitrogens with zero attached hydrogens (tertiary/aromatic N) is 1. The summed E-state index contributed by atoms with van der Waals surface area (Å²) in [5.74, 6) is 0.400. The summed E-state index contributed by atoms with van der Waals surface area (Å²) >= 11 is 0. The molecule has 0 aliphatic heterocycles. The first-order chi connectivity index (χ1) is 11.2. The zero-order valence-electron chi connectivity index (χ0n) is 13.1. The van der Waals surface area contributed by atoms with Crippen LogP contribution in [0.2, 0.25) is 0 Å². The molecule has 0 aliphatic rings. The second-order valence-electron chi connectivity index (χ2n) is 5.23. The van der Waals surface area contributed by atoms with Gasteiger partial charge in [-0.1, -0.05) is 12.1 Å². The van der Waals surface area contributed by atoms with Crippen LogP contribution < -0.4 is 10.2 Å². The molecule has 4 nitrogen and oxygen atoms in total. The number of rotatable bonds is 4. The minimum atomic E-state index is -0.273. The number of carbonyl (C=O) groups excluding carboxylic acids is 1. The molecule has 0 N–H and O–H groups in total. The Morgan fingerprint density at radius 2 is 1.78 bits per heavy atom. The Morgan fingerprint density at radius 3 is 2.43 bits per heavy atom. The number of ketones is 1. The fourth-order valence-electron chi connectivity index (χ4n) is 2.67. The summed E-state index contributed by atoms with van der Waals surface area (Å²) in [5.41, 5.74) is 1.27. The van der Waals surface area contributed by atoms with Crippen LogP contribution in [0.25, 0.3) is 10.9 Å². The second kappa shape index (κ2) is 6.08. The highest BCUT2D eigenvalue weighted by Crippen LogP contribution is 2.16. The highest BCUT2D eigenvalue weighted by molar-refractivity contribution is 6.10. The number of aromatic nitrogens is 1. The average Bonchev–Trinajstić information content (AvgIpc) is 2.62. The number of aryl methyl sites for hydroxylation is 1. The first-order valence-electron chi connectivity index (χ1n) is 7.46. The fourth-order valence-corrected chi connectivity index (χ4v) is 2.67. The molecule has 1 heterocycles. The first-order valence-corrected chi connectivity index (χ1v) is 7.46. The van der Waals surface area contributed by atoms with E-state index in [0.29, 0.717) is 23.2 Å². The minimum absolute atomic E-state index is 0.190. The van der Waals surface area contributed by atoms with E-state index in [4.69, 9.17) is 4.74 Å². The van der Waals surface area contributed by atoms with Crippen LogP contribution >= 0.6 is 0 Å². The van der Waals surface area contributed by atoms with Crippen molar-refractivity contribution in [2.24, 2.45) is 0 Å². The number of ether oxygens (including phenoxy) is 1. The third-order valence-electron chi connectivity index (χ3n) is 3.93. The fraction of sp³-hybridized carbons (Fsp3) is 0.158. The van der Waals surface area contributed by atoms with Crippen molar-refractivity contribution in [3.8, 4) is 5.75 Å².